The molecule has 0 bridgehead atoms. The molecule has 1 aromatic carbocycles. The van der Waals surface area contributed by atoms with E-state index in [1.165, 1.54) is 0 Å². The summed E-state index contributed by atoms with van der Waals surface area (Å²) in [4.78, 5) is 3.27. The van der Waals surface area contributed by atoms with Crippen LogP contribution in [0.3, 0.4) is 0 Å². The lowest BCUT2D eigenvalue weighted by Gasteiger charge is -2.31. The molecule has 0 unspecified atom stereocenters. The van der Waals surface area contributed by atoms with Crippen molar-refractivity contribution in [2.24, 2.45) is 29.4 Å². The fourth-order valence-corrected chi connectivity index (χ4v) is 7.39. The number of ether oxygens (including phenoxy) is 1. The Morgan fingerprint density at radius 1 is 1.08 bits per heavy atom. The summed E-state index contributed by atoms with van der Waals surface area (Å²) in [5, 5.41) is 57.7. The highest BCUT2D eigenvalue weighted by Gasteiger charge is 2.36. The number of benzene rings is 1. The Morgan fingerprint density at radius 2 is 1.92 bits per heavy atom. The maximum Gasteiger partial charge on any atom is 0.161 e. The minimum Gasteiger partial charge on any atom is -0.504 e. The molecule has 2 aromatic rings. The van der Waals surface area contributed by atoms with Gasteiger partial charge in [0.1, 0.15) is 6.10 Å². The van der Waals surface area contributed by atoms with Crippen LogP contribution in [0.5, 0.6) is 11.5 Å². The number of hydrogen-bond acceptors (Lipinski definition) is 8. The van der Waals surface area contributed by atoms with Crippen molar-refractivity contribution in [3.05, 3.63) is 83.5 Å². The summed E-state index contributed by atoms with van der Waals surface area (Å²) in [5.41, 5.74) is 9.02. The summed E-state index contributed by atoms with van der Waals surface area (Å²) in [5.74, 6) is 6.97. The number of aromatic hydroxyl groups is 1. The van der Waals surface area contributed by atoms with Crippen LogP contribution in [0.15, 0.2) is 72.2 Å². The molecular weight excluding hydrogens is 606 g/mol. The molecule has 2 heterocycles. The first-order valence-electron chi connectivity index (χ1n) is 17.6. The van der Waals surface area contributed by atoms with E-state index in [2.05, 4.69) is 41.2 Å². The van der Waals surface area contributed by atoms with Gasteiger partial charge in [-0.2, -0.15) is 0 Å². The Hall–Kier alpha value is -3.68. The van der Waals surface area contributed by atoms with Gasteiger partial charge in [0, 0.05) is 55.1 Å². The normalized spacial score (nSPS) is 27.9. The summed E-state index contributed by atoms with van der Waals surface area (Å²) >= 11 is 0. The number of hydrogen-bond donors (Lipinski definition) is 8. The fraction of sp³-hybridized carbons (Fsp3) is 0.538. The number of dihydropyridines is 1. The summed E-state index contributed by atoms with van der Waals surface area (Å²) in [6.45, 7) is 2.54. The molecule has 9 nitrogen and oxygen atoms in total. The van der Waals surface area contributed by atoms with Gasteiger partial charge in [-0.05, 0) is 85.9 Å². The SMILES string of the molecule is CC[C@@H]1C#C[C@@H]2C=C[C@H](c3ccc(O)c(O[C@H](C[C@H](Cc4ccc[nH]4)C4=CCNC(N)=C4)[C@H](O)CCO)c3)C[C@@H](O)[C@H]2[C@@H](O)CCCC1. The van der Waals surface area contributed by atoms with Crippen molar-refractivity contribution < 1.29 is 30.3 Å². The summed E-state index contributed by atoms with van der Waals surface area (Å²) in [7, 11) is 0. The van der Waals surface area contributed by atoms with Crippen molar-refractivity contribution in [1.29, 1.82) is 0 Å². The van der Waals surface area contributed by atoms with E-state index in [-0.39, 0.29) is 48.2 Å². The second-order valence-electron chi connectivity index (χ2n) is 13.6. The lowest BCUT2D eigenvalue weighted by atomic mass is 9.79. The minimum atomic E-state index is -0.997. The first-order valence-corrected chi connectivity index (χ1v) is 17.6. The third kappa shape index (κ3) is 9.26. The number of rotatable bonds is 12. The topological polar surface area (TPSA) is 164 Å². The van der Waals surface area contributed by atoms with Gasteiger partial charge in [0.05, 0.1) is 24.1 Å². The smallest absolute Gasteiger partial charge is 0.161 e. The molecule has 0 amide bonds. The molecule has 0 radical (unpaired) electrons. The summed E-state index contributed by atoms with van der Waals surface area (Å²) in [6.07, 6.45) is 12.9. The number of H-pyrrole nitrogens is 1. The standard InChI is InChI=1S/C39H53N3O6/c1-2-25-6-3-4-8-34(46)39-26(10-9-25)11-12-27(21-35(39)47)28-13-14-32(44)36(22-28)48-37(33(45)16-19-43)23-30(20-31-7-5-17-41-31)29-15-18-42-38(40)24-29/h5,7,11-15,17,22,24-27,30,33-35,37,39,41-47H,2-4,6,8,16,18-21,23,40H2,1H3/t25-,26+,27-,30-,33+,34-,35+,37+,39+/m0/s1. The number of aromatic amines is 1. The van der Waals surface area contributed by atoms with Crippen LogP contribution in [0.25, 0.3) is 0 Å². The molecule has 1 aliphatic heterocycles. The van der Waals surface area contributed by atoms with Crippen LogP contribution in [-0.4, -0.2) is 68.1 Å². The Labute approximate surface area is 284 Å². The van der Waals surface area contributed by atoms with E-state index < -0.39 is 24.4 Å². The predicted octanol–water partition coefficient (Wildman–Crippen LogP) is 4.39. The summed E-state index contributed by atoms with van der Waals surface area (Å²) < 4.78 is 6.45. The second kappa shape index (κ2) is 17.1. The number of phenolic OH excluding ortho intramolecular Hbond substituents is 1. The molecule has 9 N–H and O–H groups in total. The largest absolute Gasteiger partial charge is 0.504 e. The number of nitrogens with two attached hydrogens (primary N) is 1. The van der Waals surface area contributed by atoms with Gasteiger partial charge in [-0.3, -0.25) is 0 Å². The van der Waals surface area contributed by atoms with Gasteiger partial charge < -0.3 is 46.3 Å². The zero-order valence-electron chi connectivity index (χ0n) is 28.0. The van der Waals surface area contributed by atoms with Crippen LogP contribution in [0.2, 0.25) is 0 Å². The zero-order valence-corrected chi connectivity index (χ0v) is 28.0. The van der Waals surface area contributed by atoms with Crippen LogP contribution >= 0.6 is 0 Å². The highest BCUT2D eigenvalue weighted by atomic mass is 16.5. The highest BCUT2D eigenvalue weighted by Crippen LogP contribution is 2.40. The minimum absolute atomic E-state index is 0.0646. The van der Waals surface area contributed by atoms with Crippen LogP contribution < -0.4 is 15.8 Å². The van der Waals surface area contributed by atoms with Crippen LogP contribution in [0, 0.1) is 35.5 Å². The van der Waals surface area contributed by atoms with Crippen molar-refractivity contribution in [1.82, 2.24) is 10.3 Å². The first-order chi connectivity index (χ1) is 23.2. The van der Waals surface area contributed by atoms with Crippen molar-refractivity contribution in [2.75, 3.05) is 13.2 Å². The number of fused-ring (bicyclic) bond motifs is 1. The first kappa shape index (κ1) is 35.6. The molecule has 5 rings (SSSR count). The average Bonchev–Trinajstić information content (AvgIpc) is 3.53. The molecule has 48 heavy (non-hydrogen) atoms. The van der Waals surface area contributed by atoms with E-state index in [0.29, 0.717) is 44.0 Å². The molecule has 1 aromatic heterocycles. The van der Waals surface area contributed by atoms with Crippen molar-refractivity contribution in [3.63, 3.8) is 0 Å². The number of nitrogens with one attached hydrogen (secondary N) is 2. The van der Waals surface area contributed by atoms with Crippen molar-refractivity contribution >= 4 is 0 Å². The maximum atomic E-state index is 11.5. The lowest BCUT2D eigenvalue weighted by molar-refractivity contribution is -0.00707. The van der Waals surface area contributed by atoms with Crippen LogP contribution in [0.4, 0.5) is 0 Å². The molecule has 3 aliphatic rings. The van der Waals surface area contributed by atoms with Crippen molar-refractivity contribution in [3.8, 4) is 23.3 Å². The monoisotopic (exact) mass is 659 g/mol. The average molecular weight is 660 g/mol. The number of aromatic nitrogens is 1. The number of allylic oxidation sites excluding steroid dienone is 4. The number of aliphatic hydroxyl groups is 4. The Morgan fingerprint density at radius 3 is 2.67 bits per heavy atom. The van der Waals surface area contributed by atoms with Gasteiger partial charge >= 0.3 is 0 Å². The molecular formula is C39H53N3O6. The number of phenols is 1. The molecule has 0 spiro atoms. The fourth-order valence-electron chi connectivity index (χ4n) is 7.39. The lowest BCUT2D eigenvalue weighted by Crippen LogP contribution is -2.37. The zero-order chi connectivity index (χ0) is 34.0. The van der Waals surface area contributed by atoms with E-state index in [0.717, 1.165) is 42.5 Å². The van der Waals surface area contributed by atoms with E-state index in [4.69, 9.17) is 10.5 Å². The van der Waals surface area contributed by atoms with E-state index in [9.17, 15) is 25.5 Å². The Bertz CT molecular complexity index is 1470. The third-order valence-corrected chi connectivity index (χ3v) is 10.2. The van der Waals surface area contributed by atoms with Crippen LogP contribution in [0.1, 0.15) is 75.5 Å². The molecule has 0 saturated carbocycles. The third-order valence-electron chi connectivity index (χ3n) is 10.2. The molecule has 0 fully saturated rings. The van der Waals surface area contributed by atoms with E-state index >= 15 is 0 Å². The highest BCUT2D eigenvalue weighted by molar-refractivity contribution is 5.44. The van der Waals surface area contributed by atoms with Gasteiger partial charge in [-0.1, -0.05) is 55.9 Å². The van der Waals surface area contributed by atoms with Crippen molar-refractivity contribution in [2.45, 2.75) is 95.0 Å². The predicted molar refractivity (Wildman–Crippen MR) is 187 cm³/mol. The Kier molecular flexibility index (Phi) is 12.7. The van der Waals surface area contributed by atoms with Gasteiger partial charge in [-0.25, -0.2) is 0 Å². The molecule has 260 valence electrons. The molecule has 0 saturated heterocycles. The van der Waals surface area contributed by atoms with Gasteiger partial charge in [0.2, 0.25) is 0 Å². The molecule has 2 aliphatic carbocycles. The Balaban J connectivity index is 1.41. The van der Waals surface area contributed by atoms with Gasteiger partial charge in [0.25, 0.3) is 0 Å². The van der Waals surface area contributed by atoms with E-state index in [1.807, 2.05) is 36.5 Å². The van der Waals surface area contributed by atoms with Crippen LogP contribution in [-0.2, 0) is 6.42 Å². The van der Waals surface area contributed by atoms with Gasteiger partial charge in [-0.15, -0.1) is 0 Å². The molecule has 9 heteroatoms. The maximum absolute atomic E-state index is 11.5. The quantitative estimate of drug-likeness (QED) is 0.123. The number of aliphatic hydroxyl groups excluding tert-OH is 4. The molecule has 9 atom stereocenters. The second-order valence-corrected chi connectivity index (χ2v) is 13.6. The summed E-state index contributed by atoms with van der Waals surface area (Å²) in [6, 6.07) is 9.14. The van der Waals surface area contributed by atoms with E-state index in [1.54, 1.807) is 12.1 Å². The van der Waals surface area contributed by atoms with Gasteiger partial charge in [0.15, 0.2) is 11.5 Å².